The van der Waals surface area contributed by atoms with E-state index < -0.39 is 0 Å². The van der Waals surface area contributed by atoms with Crippen LogP contribution < -0.4 is 5.32 Å². The van der Waals surface area contributed by atoms with E-state index in [0.717, 1.165) is 55.5 Å². The molecule has 0 atom stereocenters. The van der Waals surface area contributed by atoms with E-state index in [1.54, 1.807) is 24.8 Å². The molecular weight excluding hydrogens is 529 g/mol. The highest BCUT2D eigenvalue weighted by Crippen LogP contribution is 2.34. The third-order valence-electron chi connectivity index (χ3n) is 7.13. The average molecular weight is 554 g/mol. The van der Waals surface area contributed by atoms with Gasteiger partial charge < -0.3 is 10.3 Å². The van der Waals surface area contributed by atoms with Crippen LogP contribution in [0.25, 0.3) is 55.7 Å². The van der Waals surface area contributed by atoms with Crippen LogP contribution in [0.2, 0.25) is 0 Å². The predicted octanol–water partition coefficient (Wildman–Crippen LogP) is 6.86. The summed E-state index contributed by atoms with van der Waals surface area (Å²) < 4.78 is 14.2. The van der Waals surface area contributed by atoms with Gasteiger partial charge in [0, 0.05) is 40.5 Å². The molecule has 5 aromatic heterocycles. The Morgan fingerprint density at radius 2 is 1.74 bits per heavy atom. The number of rotatable bonds is 6. The number of carbonyl (C=O) groups is 1. The molecule has 0 bridgehead atoms. The molecule has 0 radical (unpaired) electrons. The number of fused-ring (bicyclic) bond motifs is 2. The van der Waals surface area contributed by atoms with Gasteiger partial charge in [-0.1, -0.05) is 36.4 Å². The predicted molar refractivity (Wildman–Crippen MR) is 161 cm³/mol. The van der Waals surface area contributed by atoms with Gasteiger partial charge in [0.2, 0.25) is 5.91 Å². The maximum atomic E-state index is 14.2. The van der Waals surface area contributed by atoms with E-state index >= 15 is 0 Å². The average Bonchev–Trinajstić information content (AvgIpc) is 3.61. The summed E-state index contributed by atoms with van der Waals surface area (Å²) in [5.74, 6) is -0.399. The van der Waals surface area contributed by atoms with Gasteiger partial charge in [0.15, 0.2) is 5.65 Å². The van der Waals surface area contributed by atoms with E-state index in [2.05, 4.69) is 35.5 Å². The first-order valence-electron chi connectivity index (χ1n) is 13.4. The van der Waals surface area contributed by atoms with Gasteiger partial charge in [-0.25, -0.2) is 14.4 Å². The van der Waals surface area contributed by atoms with Crippen LogP contribution in [0.3, 0.4) is 0 Å². The summed E-state index contributed by atoms with van der Waals surface area (Å²) in [6.07, 6.45) is 7.07. The van der Waals surface area contributed by atoms with E-state index in [4.69, 9.17) is 0 Å². The zero-order chi connectivity index (χ0) is 28.6. The second kappa shape index (κ2) is 10.4. The number of pyridine rings is 3. The lowest BCUT2D eigenvalue weighted by molar-refractivity contribution is -0.115. The van der Waals surface area contributed by atoms with E-state index in [1.807, 2.05) is 67.6 Å². The van der Waals surface area contributed by atoms with Gasteiger partial charge in [0.1, 0.15) is 11.5 Å². The minimum Gasteiger partial charge on any atom is -0.338 e. The van der Waals surface area contributed by atoms with Gasteiger partial charge in [-0.15, -0.1) is 0 Å². The molecule has 0 aliphatic heterocycles. The van der Waals surface area contributed by atoms with Crippen molar-refractivity contribution in [1.29, 1.82) is 0 Å². The van der Waals surface area contributed by atoms with Crippen LogP contribution >= 0.6 is 0 Å². The molecule has 0 unspecified atom stereocenters. The Kier molecular flexibility index (Phi) is 6.24. The van der Waals surface area contributed by atoms with Crippen LogP contribution in [-0.2, 0) is 11.2 Å². The van der Waals surface area contributed by atoms with Crippen molar-refractivity contribution in [3.05, 3.63) is 115 Å². The zero-order valence-corrected chi connectivity index (χ0v) is 22.5. The molecule has 204 valence electrons. The summed E-state index contributed by atoms with van der Waals surface area (Å²) in [5.41, 5.74) is 8.43. The summed E-state index contributed by atoms with van der Waals surface area (Å²) in [5, 5.41) is 12.1. The summed E-state index contributed by atoms with van der Waals surface area (Å²) in [7, 11) is 0. The molecule has 8 nitrogen and oxygen atoms in total. The number of H-pyrrole nitrogens is 2. The number of nitrogens with zero attached hydrogens (tertiary/aromatic N) is 4. The molecule has 0 fully saturated rings. The molecule has 1 amide bonds. The maximum absolute atomic E-state index is 14.2. The fraction of sp³-hybridized carbons (Fsp3) is 0.0606. The Hall–Kier alpha value is -5.70. The largest absolute Gasteiger partial charge is 0.338 e. The lowest BCUT2D eigenvalue weighted by atomic mass is 10.0. The molecule has 42 heavy (non-hydrogen) atoms. The molecule has 3 N–H and O–H groups in total. The van der Waals surface area contributed by atoms with Crippen LogP contribution in [0, 0.1) is 12.7 Å². The minimum absolute atomic E-state index is 0.119. The molecule has 5 heterocycles. The summed E-state index contributed by atoms with van der Waals surface area (Å²) in [6.45, 7) is 1.87. The fourth-order valence-electron chi connectivity index (χ4n) is 5.22. The second-order valence-electron chi connectivity index (χ2n) is 10.2. The van der Waals surface area contributed by atoms with Gasteiger partial charge in [-0.3, -0.25) is 14.9 Å². The quantitative estimate of drug-likeness (QED) is 0.208. The number of anilines is 1. The lowest BCUT2D eigenvalue weighted by Crippen LogP contribution is -2.14. The third kappa shape index (κ3) is 4.88. The van der Waals surface area contributed by atoms with Crippen LogP contribution in [0.15, 0.2) is 97.6 Å². The van der Waals surface area contributed by atoms with Crippen LogP contribution in [0.1, 0.15) is 11.1 Å². The molecule has 7 rings (SSSR count). The van der Waals surface area contributed by atoms with Crippen molar-refractivity contribution in [2.45, 2.75) is 13.3 Å². The number of nitrogens with one attached hydrogen (secondary N) is 3. The van der Waals surface area contributed by atoms with E-state index in [1.165, 1.54) is 12.1 Å². The SMILES string of the molecule is Cc1cc(F)cc(-c2ccnc3[nH]c(-c4[nH]nc5ncc(-c6cncc(NC(=O)Cc7ccccc7)c6)cc45)cc23)c1. The molecule has 2 aromatic carbocycles. The number of aryl methyl sites for hydroxylation is 1. The highest BCUT2D eigenvalue weighted by molar-refractivity contribution is 6.00. The molecule has 0 saturated carbocycles. The van der Waals surface area contributed by atoms with Crippen molar-refractivity contribution < 1.29 is 9.18 Å². The number of benzene rings is 2. The van der Waals surface area contributed by atoms with Crippen molar-refractivity contribution in [2.24, 2.45) is 0 Å². The molecule has 0 aliphatic carbocycles. The molecule has 0 aliphatic rings. The van der Waals surface area contributed by atoms with Crippen molar-refractivity contribution in [3.63, 3.8) is 0 Å². The van der Waals surface area contributed by atoms with Crippen molar-refractivity contribution in [3.8, 4) is 33.6 Å². The number of halogens is 1. The number of aromatic nitrogens is 6. The molecule has 9 heteroatoms. The number of amides is 1. The smallest absolute Gasteiger partial charge is 0.228 e. The van der Waals surface area contributed by atoms with Gasteiger partial charge in [-0.2, -0.15) is 5.10 Å². The minimum atomic E-state index is -0.279. The number of carbonyl (C=O) groups excluding carboxylic acids is 1. The molecule has 0 saturated heterocycles. The summed E-state index contributed by atoms with van der Waals surface area (Å²) in [4.78, 5) is 29.4. The van der Waals surface area contributed by atoms with Gasteiger partial charge in [-0.05, 0) is 65.6 Å². The topological polar surface area (TPSA) is 112 Å². The normalized spacial score (nSPS) is 11.3. The van der Waals surface area contributed by atoms with Crippen molar-refractivity contribution in [1.82, 2.24) is 30.1 Å². The summed E-state index contributed by atoms with van der Waals surface area (Å²) >= 11 is 0. The van der Waals surface area contributed by atoms with Crippen LogP contribution in [0.5, 0.6) is 0 Å². The fourth-order valence-corrected chi connectivity index (χ4v) is 5.22. The zero-order valence-electron chi connectivity index (χ0n) is 22.5. The number of hydrogen-bond donors (Lipinski definition) is 3. The molecule has 7 aromatic rings. The van der Waals surface area contributed by atoms with Crippen LogP contribution in [-0.4, -0.2) is 36.0 Å². The Labute approximate surface area is 239 Å². The van der Waals surface area contributed by atoms with Crippen LogP contribution in [0.4, 0.5) is 10.1 Å². The number of aromatic amines is 2. The van der Waals surface area contributed by atoms with Crippen molar-refractivity contribution in [2.75, 3.05) is 5.32 Å². The van der Waals surface area contributed by atoms with Crippen molar-refractivity contribution >= 4 is 33.7 Å². The Bertz CT molecular complexity index is 2080. The standard InChI is InChI=1S/C33H24FN7O/c1-19-9-21(12-24(34)10-19)26-7-8-36-32-27(26)15-29(39-32)31-28-14-23(17-37-33(28)41-40-31)22-13-25(18-35-16-22)38-30(42)11-20-5-3-2-4-6-20/h2-10,12-18H,11H2,1H3,(H,36,39)(H,38,42)(H,37,40,41). The first-order chi connectivity index (χ1) is 20.5. The van der Waals surface area contributed by atoms with Gasteiger partial charge >= 0.3 is 0 Å². The van der Waals surface area contributed by atoms with E-state index in [9.17, 15) is 9.18 Å². The Morgan fingerprint density at radius 1 is 0.881 bits per heavy atom. The first kappa shape index (κ1) is 25.3. The van der Waals surface area contributed by atoms with Gasteiger partial charge in [0.05, 0.1) is 29.7 Å². The highest BCUT2D eigenvalue weighted by Gasteiger charge is 2.16. The maximum Gasteiger partial charge on any atom is 0.228 e. The monoisotopic (exact) mass is 553 g/mol. The number of hydrogen-bond acceptors (Lipinski definition) is 5. The Balaban J connectivity index is 1.22. The first-order valence-corrected chi connectivity index (χ1v) is 13.4. The highest BCUT2D eigenvalue weighted by atomic mass is 19.1. The third-order valence-corrected chi connectivity index (χ3v) is 7.13. The Morgan fingerprint density at radius 3 is 2.60 bits per heavy atom. The van der Waals surface area contributed by atoms with E-state index in [-0.39, 0.29) is 18.1 Å². The second-order valence-corrected chi connectivity index (χ2v) is 10.2. The lowest BCUT2D eigenvalue weighted by Gasteiger charge is -2.07. The molecule has 0 spiro atoms. The van der Waals surface area contributed by atoms with E-state index in [0.29, 0.717) is 17.0 Å². The molecular formula is C33H24FN7O. The summed E-state index contributed by atoms with van der Waals surface area (Å²) in [6, 6.07) is 22.3. The van der Waals surface area contributed by atoms with Gasteiger partial charge in [0.25, 0.3) is 0 Å².